The number of aryl methyl sites for hydroxylation is 2. The van der Waals surface area contributed by atoms with Crippen LogP contribution in [0, 0.1) is 13.8 Å². The second-order valence-corrected chi connectivity index (χ2v) is 10.9. The summed E-state index contributed by atoms with van der Waals surface area (Å²) in [6.07, 6.45) is 3.16. The summed E-state index contributed by atoms with van der Waals surface area (Å²) in [6, 6.07) is 24.0. The summed E-state index contributed by atoms with van der Waals surface area (Å²) in [7, 11) is 0. The third-order valence-corrected chi connectivity index (χ3v) is 7.00. The zero-order valence-electron chi connectivity index (χ0n) is 21.1. The first-order chi connectivity index (χ1) is 18.5. The van der Waals surface area contributed by atoms with Crippen molar-refractivity contribution in [3.05, 3.63) is 107 Å². The first-order valence-corrected chi connectivity index (χ1v) is 14.2. The second kappa shape index (κ2) is 18.5. The normalized spacial score (nSPS) is 11.8. The van der Waals surface area contributed by atoms with Crippen LogP contribution in [0.15, 0.2) is 93.2 Å². The van der Waals surface area contributed by atoms with Crippen LogP contribution in [-0.2, 0) is 53.5 Å². The molecule has 0 saturated carbocycles. The van der Waals surface area contributed by atoms with Gasteiger partial charge in [0.25, 0.3) is 0 Å². The number of hydrogen-bond acceptors (Lipinski definition) is 10. The Morgan fingerprint density at radius 1 is 0.718 bits per heavy atom. The van der Waals surface area contributed by atoms with Gasteiger partial charge < -0.3 is 25.3 Å². The van der Waals surface area contributed by atoms with Gasteiger partial charge in [0.05, 0.1) is 12.4 Å². The van der Waals surface area contributed by atoms with Gasteiger partial charge in [0.2, 0.25) is 0 Å². The summed E-state index contributed by atoms with van der Waals surface area (Å²) >= 11 is 13.2. The van der Waals surface area contributed by atoms with Crippen molar-refractivity contribution in [1.82, 2.24) is 20.4 Å². The molecular weight excluding hydrogens is 612 g/mol. The molecule has 0 spiro atoms. The number of aromatic amines is 2. The molecule has 202 valence electrons. The number of nitrogens with one attached hydrogen (secondary N) is 2. The van der Waals surface area contributed by atoms with Crippen molar-refractivity contribution in [2.24, 2.45) is 20.4 Å². The van der Waals surface area contributed by atoms with Gasteiger partial charge in [-0.15, -0.1) is 23.5 Å². The van der Waals surface area contributed by atoms with E-state index in [0.29, 0.717) is 8.75 Å². The number of benzene rings is 2. The summed E-state index contributed by atoms with van der Waals surface area (Å²) in [5, 5.41) is 29.5. The topological polar surface area (TPSA) is 107 Å². The van der Waals surface area contributed by atoms with Crippen molar-refractivity contribution < 1.29 is 16.8 Å². The second-order valence-electron chi connectivity index (χ2n) is 7.72. The fourth-order valence-electron chi connectivity index (χ4n) is 2.78. The molecule has 4 rings (SSSR count). The number of hydrogen-bond donors (Lipinski definition) is 2. The van der Waals surface area contributed by atoms with E-state index in [0.717, 1.165) is 34.3 Å². The van der Waals surface area contributed by atoms with Gasteiger partial charge in [0, 0.05) is 22.9 Å². The third kappa shape index (κ3) is 13.7. The van der Waals surface area contributed by atoms with Crippen molar-refractivity contribution in [1.29, 1.82) is 0 Å². The Balaban J connectivity index is 0.000000267. The molecule has 0 unspecified atom stereocenters. The molecule has 4 aromatic rings. The zero-order chi connectivity index (χ0) is 27.0. The Morgan fingerprint density at radius 3 is 1.44 bits per heavy atom. The molecule has 0 bridgehead atoms. The molecule has 13 heteroatoms. The molecule has 0 saturated heterocycles. The molecule has 0 fully saturated rings. The number of aromatic nitrogens is 4. The van der Waals surface area contributed by atoms with E-state index in [9.17, 15) is 0 Å². The Hall–Kier alpha value is -2.81. The van der Waals surface area contributed by atoms with Crippen LogP contribution < -0.4 is 0 Å². The molecule has 8 nitrogen and oxygen atoms in total. The van der Waals surface area contributed by atoms with Crippen molar-refractivity contribution in [3.8, 4) is 0 Å². The van der Waals surface area contributed by atoms with Crippen LogP contribution in [0.25, 0.3) is 0 Å². The third-order valence-electron chi connectivity index (χ3n) is 4.52. The molecule has 2 heterocycles. The van der Waals surface area contributed by atoms with Crippen LogP contribution in [0.2, 0.25) is 0 Å². The SMILES string of the molecule is Cc1cc(C=NN=C([S-])SCc2ccccc2)n[nH]1.Cc1cc(C=NN=C([S-])SCc2ccccc2)n[nH]1.[Co+3]. The molecule has 2 N–H and O–H groups in total. The van der Waals surface area contributed by atoms with Gasteiger partial charge in [-0.1, -0.05) is 60.7 Å². The summed E-state index contributed by atoms with van der Waals surface area (Å²) in [6.45, 7) is 3.86. The predicted molar refractivity (Wildman–Crippen MR) is 167 cm³/mol. The fraction of sp³-hybridized carbons (Fsp3) is 0.154. The van der Waals surface area contributed by atoms with E-state index in [-0.39, 0.29) is 16.8 Å². The van der Waals surface area contributed by atoms with E-state index in [2.05, 4.69) is 65.1 Å². The largest absolute Gasteiger partial charge is 3.00 e. The van der Waals surface area contributed by atoms with Gasteiger partial charge in [-0.25, -0.2) is 0 Å². The van der Waals surface area contributed by atoms with E-state index >= 15 is 0 Å². The Bertz CT molecular complexity index is 1260. The van der Waals surface area contributed by atoms with Crippen molar-refractivity contribution >= 4 is 70.0 Å². The van der Waals surface area contributed by atoms with E-state index in [4.69, 9.17) is 25.3 Å². The minimum absolute atomic E-state index is 0. The maximum atomic E-state index is 5.13. The molecular formula is C26H26CoN8S4+. The maximum absolute atomic E-state index is 5.13. The van der Waals surface area contributed by atoms with Gasteiger partial charge in [0.15, 0.2) is 0 Å². The van der Waals surface area contributed by atoms with Crippen LogP contribution in [0.3, 0.4) is 0 Å². The molecule has 2 aromatic carbocycles. The van der Waals surface area contributed by atoms with Gasteiger partial charge in [-0.3, -0.25) is 10.2 Å². The van der Waals surface area contributed by atoms with Crippen molar-refractivity contribution in [3.63, 3.8) is 0 Å². The molecule has 0 aliphatic carbocycles. The molecule has 0 aliphatic rings. The Morgan fingerprint density at radius 2 is 1.10 bits per heavy atom. The van der Waals surface area contributed by atoms with Crippen LogP contribution in [0.1, 0.15) is 33.9 Å². The van der Waals surface area contributed by atoms with Gasteiger partial charge in [0.1, 0.15) is 11.4 Å². The number of thioether (sulfide) groups is 2. The first-order valence-electron chi connectivity index (χ1n) is 11.4. The van der Waals surface area contributed by atoms with E-state index in [1.54, 1.807) is 12.4 Å². The van der Waals surface area contributed by atoms with E-state index in [1.807, 2.05) is 62.4 Å². The smallest absolute Gasteiger partial charge is 0.752 e. The number of nitrogens with zero attached hydrogens (tertiary/aromatic N) is 6. The van der Waals surface area contributed by atoms with Crippen LogP contribution in [-0.4, -0.2) is 41.6 Å². The van der Waals surface area contributed by atoms with Crippen LogP contribution in [0.5, 0.6) is 0 Å². The maximum Gasteiger partial charge on any atom is 3.00 e. The van der Waals surface area contributed by atoms with E-state index < -0.39 is 0 Å². The molecule has 39 heavy (non-hydrogen) atoms. The predicted octanol–water partition coefficient (Wildman–Crippen LogP) is 5.77. The molecule has 2 aromatic heterocycles. The van der Waals surface area contributed by atoms with Gasteiger partial charge in [-0.2, -0.15) is 30.6 Å². The number of H-pyrrole nitrogens is 2. The molecule has 0 amide bonds. The van der Waals surface area contributed by atoms with Gasteiger partial charge in [-0.05, 0) is 45.9 Å². The Kier molecular flexibility index (Phi) is 15.3. The quantitative estimate of drug-likeness (QED) is 0.110. The molecule has 0 aliphatic heterocycles. The minimum Gasteiger partial charge on any atom is -0.752 e. The van der Waals surface area contributed by atoms with Crippen LogP contribution >= 0.6 is 23.5 Å². The average Bonchev–Trinajstić information content (AvgIpc) is 3.55. The summed E-state index contributed by atoms with van der Waals surface area (Å²) in [5.74, 6) is 1.61. The van der Waals surface area contributed by atoms with E-state index in [1.165, 1.54) is 34.7 Å². The average molecular weight is 638 g/mol. The van der Waals surface area contributed by atoms with Gasteiger partial charge >= 0.3 is 16.8 Å². The summed E-state index contributed by atoms with van der Waals surface area (Å²) in [5.41, 5.74) is 5.91. The monoisotopic (exact) mass is 637 g/mol. The standard InChI is InChI=1S/2C13H14N4S2.Co/c2*1-10-7-12(16-15-10)8-14-17-13(18)19-9-11-5-3-2-4-6-11;/h2*2-8H,9H2,1H3,(H,15,16)(H,17,18);/q;;+3/p-2. The van der Waals surface area contributed by atoms with Crippen molar-refractivity contribution in [2.45, 2.75) is 25.4 Å². The van der Waals surface area contributed by atoms with Crippen LogP contribution in [0.4, 0.5) is 0 Å². The van der Waals surface area contributed by atoms with Crippen molar-refractivity contribution in [2.75, 3.05) is 0 Å². The number of rotatable bonds is 8. The Labute approximate surface area is 258 Å². The molecule has 0 radical (unpaired) electrons. The summed E-state index contributed by atoms with van der Waals surface area (Å²) in [4.78, 5) is 0. The zero-order valence-corrected chi connectivity index (χ0v) is 25.5. The minimum atomic E-state index is 0. The molecule has 0 atom stereocenters. The fourth-order valence-corrected chi connectivity index (χ4v) is 4.40. The summed E-state index contributed by atoms with van der Waals surface area (Å²) < 4.78 is 1.04. The first kappa shape index (κ1) is 32.4.